The molecule has 1 unspecified atom stereocenters. The second-order valence-electron chi connectivity index (χ2n) is 5.27. The maximum absolute atomic E-state index is 11.6. The molecule has 4 nitrogen and oxygen atoms in total. The van der Waals surface area contributed by atoms with E-state index in [1.54, 1.807) is 16.7 Å². The second-order valence-corrected chi connectivity index (χ2v) is 5.27. The number of pyridine rings is 1. The van der Waals surface area contributed by atoms with Gasteiger partial charge < -0.3 is 9.88 Å². The summed E-state index contributed by atoms with van der Waals surface area (Å²) in [4.78, 5) is 14.2. The fourth-order valence-corrected chi connectivity index (χ4v) is 2.75. The summed E-state index contributed by atoms with van der Waals surface area (Å²) in [5, 5.41) is 3.51. The molecule has 2 heterocycles. The quantitative estimate of drug-likeness (QED) is 0.754. The molecule has 0 amide bonds. The van der Waals surface area contributed by atoms with Crippen LogP contribution in [0.15, 0.2) is 29.2 Å². The lowest BCUT2D eigenvalue weighted by molar-refractivity contribution is 0.237. The van der Waals surface area contributed by atoms with Gasteiger partial charge in [-0.1, -0.05) is 13.0 Å². The van der Waals surface area contributed by atoms with Gasteiger partial charge in [0.05, 0.1) is 0 Å². The number of hydrogen-bond donors (Lipinski definition) is 1. The standard InChI is InChI=1S/C15H25N3O/c1-2-8-16-13-14-6-5-10-17(14)11-12-18-9-4-3-7-15(18)19/h3-4,7,9,14,16H,2,5-6,8,10-13H2,1H3. The van der Waals surface area contributed by atoms with Crippen LogP contribution < -0.4 is 10.9 Å². The average Bonchev–Trinajstić information content (AvgIpc) is 2.86. The monoisotopic (exact) mass is 263 g/mol. The van der Waals surface area contributed by atoms with Crippen LogP contribution in [-0.2, 0) is 6.54 Å². The summed E-state index contributed by atoms with van der Waals surface area (Å²) in [6, 6.07) is 5.99. The summed E-state index contributed by atoms with van der Waals surface area (Å²) in [5.74, 6) is 0. The lowest BCUT2D eigenvalue weighted by Crippen LogP contribution is -2.40. The van der Waals surface area contributed by atoms with E-state index >= 15 is 0 Å². The summed E-state index contributed by atoms with van der Waals surface area (Å²) >= 11 is 0. The molecule has 0 aliphatic carbocycles. The van der Waals surface area contributed by atoms with Crippen molar-refractivity contribution in [3.63, 3.8) is 0 Å². The first-order valence-electron chi connectivity index (χ1n) is 7.41. The van der Waals surface area contributed by atoms with Crippen molar-refractivity contribution < 1.29 is 0 Å². The van der Waals surface area contributed by atoms with Crippen molar-refractivity contribution >= 4 is 0 Å². The van der Waals surface area contributed by atoms with Crippen LogP contribution in [-0.4, -0.2) is 41.7 Å². The van der Waals surface area contributed by atoms with Gasteiger partial charge >= 0.3 is 0 Å². The van der Waals surface area contributed by atoms with Crippen molar-refractivity contribution in [2.24, 2.45) is 0 Å². The smallest absolute Gasteiger partial charge is 0.250 e. The molecule has 0 aromatic carbocycles. The van der Waals surface area contributed by atoms with E-state index in [0.29, 0.717) is 6.04 Å². The lowest BCUT2D eigenvalue weighted by Gasteiger charge is -2.25. The van der Waals surface area contributed by atoms with Crippen molar-refractivity contribution in [1.82, 2.24) is 14.8 Å². The SMILES string of the molecule is CCCNCC1CCCN1CCn1ccccc1=O. The highest BCUT2D eigenvalue weighted by Gasteiger charge is 2.23. The topological polar surface area (TPSA) is 37.3 Å². The van der Waals surface area contributed by atoms with Crippen LogP contribution in [0.25, 0.3) is 0 Å². The molecule has 1 fully saturated rings. The molecule has 0 spiro atoms. The number of hydrogen-bond acceptors (Lipinski definition) is 3. The number of likely N-dealkylation sites (tertiary alicyclic amines) is 1. The minimum absolute atomic E-state index is 0.0994. The van der Waals surface area contributed by atoms with E-state index in [-0.39, 0.29) is 5.56 Å². The van der Waals surface area contributed by atoms with Crippen molar-refractivity contribution in [2.45, 2.75) is 38.8 Å². The third-order valence-electron chi connectivity index (χ3n) is 3.83. The van der Waals surface area contributed by atoms with Crippen LogP contribution in [0.5, 0.6) is 0 Å². The predicted molar refractivity (Wildman–Crippen MR) is 78.5 cm³/mol. The maximum Gasteiger partial charge on any atom is 0.250 e. The van der Waals surface area contributed by atoms with Crippen LogP contribution in [0.4, 0.5) is 0 Å². The summed E-state index contributed by atoms with van der Waals surface area (Å²) in [5.41, 5.74) is 0.0994. The average molecular weight is 263 g/mol. The highest BCUT2D eigenvalue weighted by Crippen LogP contribution is 2.16. The van der Waals surface area contributed by atoms with Gasteiger partial charge in [-0.15, -0.1) is 0 Å². The fourth-order valence-electron chi connectivity index (χ4n) is 2.75. The first-order valence-corrected chi connectivity index (χ1v) is 7.41. The number of nitrogens with zero attached hydrogens (tertiary/aromatic N) is 2. The van der Waals surface area contributed by atoms with Gasteiger partial charge in [0.25, 0.3) is 5.56 Å². The van der Waals surface area contributed by atoms with Gasteiger partial charge in [0.1, 0.15) is 0 Å². The molecule has 0 radical (unpaired) electrons. The second kappa shape index (κ2) is 7.46. The van der Waals surface area contributed by atoms with Gasteiger partial charge in [0.15, 0.2) is 0 Å². The minimum Gasteiger partial charge on any atom is -0.315 e. The molecular weight excluding hydrogens is 238 g/mol. The first-order chi connectivity index (χ1) is 9.31. The molecule has 1 aliphatic rings. The van der Waals surface area contributed by atoms with Gasteiger partial charge in [-0.25, -0.2) is 0 Å². The zero-order chi connectivity index (χ0) is 13.5. The number of nitrogens with one attached hydrogen (secondary N) is 1. The normalized spacial score (nSPS) is 19.9. The van der Waals surface area contributed by atoms with Crippen LogP contribution in [0, 0.1) is 0 Å². The van der Waals surface area contributed by atoms with Gasteiger partial charge in [-0.05, 0) is 38.4 Å². The van der Waals surface area contributed by atoms with Gasteiger partial charge in [-0.3, -0.25) is 9.69 Å². The van der Waals surface area contributed by atoms with E-state index in [1.165, 1.54) is 25.8 Å². The third-order valence-corrected chi connectivity index (χ3v) is 3.83. The molecule has 106 valence electrons. The summed E-state index contributed by atoms with van der Waals surface area (Å²) < 4.78 is 1.80. The Kier molecular flexibility index (Phi) is 5.61. The summed E-state index contributed by atoms with van der Waals surface area (Å²) in [6.45, 7) is 7.31. The Balaban J connectivity index is 1.81. The van der Waals surface area contributed by atoms with Crippen LogP contribution in [0.2, 0.25) is 0 Å². The van der Waals surface area contributed by atoms with Crippen LogP contribution in [0.1, 0.15) is 26.2 Å². The van der Waals surface area contributed by atoms with Crippen molar-refractivity contribution in [3.05, 3.63) is 34.7 Å². The van der Waals surface area contributed by atoms with Crippen molar-refractivity contribution in [2.75, 3.05) is 26.2 Å². The van der Waals surface area contributed by atoms with E-state index < -0.39 is 0 Å². The lowest BCUT2D eigenvalue weighted by atomic mass is 10.2. The van der Waals surface area contributed by atoms with E-state index in [0.717, 1.165) is 26.2 Å². The molecule has 1 N–H and O–H groups in total. The first kappa shape index (κ1) is 14.3. The van der Waals surface area contributed by atoms with Gasteiger partial charge in [-0.2, -0.15) is 0 Å². The molecule has 1 aromatic heterocycles. The zero-order valence-corrected chi connectivity index (χ0v) is 11.8. The Morgan fingerprint density at radius 1 is 1.37 bits per heavy atom. The van der Waals surface area contributed by atoms with E-state index in [1.807, 2.05) is 12.3 Å². The van der Waals surface area contributed by atoms with Gasteiger partial charge in [0.2, 0.25) is 0 Å². The molecule has 1 atom stereocenters. The largest absolute Gasteiger partial charge is 0.315 e. The van der Waals surface area contributed by atoms with Gasteiger partial charge in [0, 0.05) is 37.9 Å². The zero-order valence-electron chi connectivity index (χ0n) is 11.8. The minimum atomic E-state index is 0.0994. The highest BCUT2D eigenvalue weighted by atomic mass is 16.1. The molecule has 1 aliphatic heterocycles. The molecule has 4 heteroatoms. The Labute approximate surface area is 115 Å². The maximum atomic E-state index is 11.6. The van der Waals surface area contributed by atoms with E-state index in [2.05, 4.69) is 17.1 Å². The van der Waals surface area contributed by atoms with E-state index in [9.17, 15) is 4.79 Å². The van der Waals surface area contributed by atoms with Crippen molar-refractivity contribution in [1.29, 1.82) is 0 Å². The number of rotatable bonds is 7. The summed E-state index contributed by atoms with van der Waals surface area (Å²) in [6.07, 6.45) is 5.62. The number of aromatic nitrogens is 1. The Morgan fingerprint density at radius 2 is 2.26 bits per heavy atom. The molecule has 1 saturated heterocycles. The molecule has 19 heavy (non-hydrogen) atoms. The van der Waals surface area contributed by atoms with E-state index in [4.69, 9.17) is 0 Å². The highest BCUT2D eigenvalue weighted by molar-refractivity contribution is 4.93. The molecular formula is C15H25N3O. The Bertz CT molecular complexity index is 429. The molecule has 2 rings (SSSR count). The summed E-state index contributed by atoms with van der Waals surface area (Å²) in [7, 11) is 0. The molecule has 0 saturated carbocycles. The fraction of sp³-hybridized carbons (Fsp3) is 0.667. The third kappa shape index (κ3) is 4.18. The van der Waals surface area contributed by atoms with Crippen molar-refractivity contribution in [3.8, 4) is 0 Å². The molecule has 1 aromatic rings. The van der Waals surface area contributed by atoms with Crippen LogP contribution >= 0.6 is 0 Å². The predicted octanol–water partition coefficient (Wildman–Crippen LogP) is 1.31. The Hall–Kier alpha value is -1.13. The van der Waals surface area contributed by atoms with Crippen LogP contribution in [0.3, 0.4) is 0 Å². The molecule has 0 bridgehead atoms. The Morgan fingerprint density at radius 3 is 3.05 bits per heavy atom.